The maximum atomic E-state index is 13.3. The van der Waals surface area contributed by atoms with E-state index in [9.17, 15) is 33.1 Å². The Balaban J connectivity index is 1.46. The summed E-state index contributed by atoms with van der Waals surface area (Å²) in [6, 6.07) is 11.6. The number of alkyl halides is 3. The van der Waals surface area contributed by atoms with Gasteiger partial charge in [-0.05, 0) is 68.0 Å². The summed E-state index contributed by atoms with van der Waals surface area (Å²) in [5, 5.41) is 10.5. The van der Waals surface area contributed by atoms with Gasteiger partial charge in [-0.3, -0.25) is 24.2 Å². The zero-order valence-corrected chi connectivity index (χ0v) is 33.9. The minimum Gasteiger partial charge on any atom is -0.487 e. The predicted molar refractivity (Wildman–Crippen MR) is 202 cm³/mol. The lowest BCUT2D eigenvalue weighted by molar-refractivity contribution is -0.289. The molecule has 0 spiro atoms. The molecule has 3 heterocycles. The minimum atomic E-state index is -3.05. The highest BCUT2D eigenvalue weighted by Crippen LogP contribution is 2.39. The number of aliphatic hydroxyl groups is 1. The van der Waals surface area contributed by atoms with Gasteiger partial charge in [0.2, 0.25) is 18.3 Å². The van der Waals surface area contributed by atoms with Crippen molar-refractivity contribution in [2.45, 2.75) is 109 Å². The van der Waals surface area contributed by atoms with Crippen LogP contribution in [0.3, 0.4) is 0 Å². The quantitative estimate of drug-likeness (QED) is 0.0815. The topological polar surface area (TPSA) is 188 Å². The molecule has 0 unspecified atom stereocenters. The van der Waals surface area contributed by atoms with Crippen molar-refractivity contribution < 1.29 is 71.0 Å². The van der Waals surface area contributed by atoms with E-state index in [1.807, 2.05) is 6.07 Å². The van der Waals surface area contributed by atoms with Crippen molar-refractivity contribution in [3.8, 4) is 17.4 Å². The molecule has 1 N–H and O–H groups in total. The Morgan fingerprint density at radius 3 is 2.12 bits per heavy atom. The summed E-state index contributed by atoms with van der Waals surface area (Å²) in [6.45, 7) is 3.17. The van der Waals surface area contributed by atoms with E-state index in [2.05, 4.69) is 9.97 Å². The van der Waals surface area contributed by atoms with E-state index < -0.39 is 79.3 Å². The standard InChI is InChI=1S/C39H43F2IN2O13/c1-20(45)50-19-30-34(51-21(2)46)35(52-22(3)47)36(57-33(48)16-42)37(54-30)56-32-13-6-23(17-44-32)14-27(25-8-12-31(43-18-25)39(4,5)49)24-7-11-28(55-38(40)41)29(15-24)53-26-9-10-26/h6-8,11-13,15,17-18,26-27,30,34-38,49H,9-10,14,16,19H2,1-5H3/t27-,30+,34+,35-,36+,37-/m0/s1. The average Bonchev–Trinajstić information content (AvgIpc) is 3.97. The highest BCUT2D eigenvalue weighted by atomic mass is 127. The van der Waals surface area contributed by atoms with Crippen LogP contribution >= 0.6 is 22.6 Å². The average molecular weight is 913 g/mol. The molecule has 2 fully saturated rings. The van der Waals surface area contributed by atoms with Crippen LogP contribution in [0, 0.1) is 0 Å². The molecule has 57 heavy (non-hydrogen) atoms. The second-order valence-electron chi connectivity index (χ2n) is 13.9. The maximum absolute atomic E-state index is 13.3. The van der Waals surface area contributed by atoms with Crippen molar-refractivity contribution in [1.29, 1.82) is 0 Å². The summed E-state index contributed by atoms with van der Waals surface area (Å²) in [7, 11) is 0. The molecule has 6 atom stereocenters. The van der Waals surface area contributed by atoms with Gasteiger partial charge in [-0.2, -0.15) is 8.78 Å². The molecular weight excluding hydrogens is 869 g/mol. The first kappa shape index (κ1) is 43.4. The van der Waals surface area contributed by atoms with Crippen molar-refractivity contribution in [2.75, 3.05) is 11.0 Å². The van der Waals surface area contributed by atoms with Crippen LogP contribution in [0.5, 0.6) is 17.4 Å². The van der Waals surface area contributed by atoms with Crippen LogP contribution in [-0.2, 0) is 54.9 Å². The third kappa shape index (κ3) is 12.4. The smallest absolute Gasteiger partial charge is 0.387 e. The summed E-state index contributed by atoms with van der Waals surface area (Å²) in [6.07, 6.45) is -1.96. The number of carbonyl (C=O) groups excluding carboxylic acids is 4. The molecule has 1 saturated heterocycles. The fraction of sp³-hybridized carbons (Fsp3) is 0.487. The number of hydrogen-bond acceptors (Lipinski definition) is 15. The summed E-state index contributed by atoms with van der Waals surface area (Å²) in [5.41, 5.74) is 1.41. The molecule has 0 amide bonds. The molecule has 1 saturated carbocycles. The molecule has 2 aliphatic rings. The highest BCUT2D eigenvalue weighted by Gasteiger charge is 2.53. The van der Waals surface area contributed by atoms with E-state index in [-0.39, 0.29) is 27.9 Å². The van der Waals surface area contributed by atoms with Crippen molar-refractivity contribution in [3.05, 3.63) is 77.2 Å². The molecule has 18 heteroatoms. The van der Waals surface area contributed by atoms with Gasteiger partial charge in [0.25, 0.3) is 0 Å². The van der Waals surface area contributed by atoms with Crippen LogP contribution in [0.4, 0.5) is 8.78 Å². The number of benzene rings is 1. The van der Waals surface area contributed by atoms with Crippen molar-refractivity contribution in [2.24, 2.45) is 0 Å². The second kappa shape index (κ2) is 19.2. The number of pyridine rings is 2. The molecule has 0 radical (unpaired) electrons. The number of aromatic nitrogens is 2. The highest BCUT2D eigenvalue weighted by molar-refractivity contribution is 14.1. The predicted octanol–water partition coefficient (Wildman–Crippen LogP) is 5.10. The van der Waals surface area contributed by atoms with E-state index in [1.165, 1.54) is 25.3 Å². The van der Waals surface area contributed by atoms with Gasteiger partial charge in [-0.1, -0.05) is 40.8 Å². The zero-order valence-electron chi connectivity index (χ0n) is 31.7. The number of halogens is 3. The molecular formula is C39H43F2IN2O13. The molecule has 1 aliphatic heterocycles. The van der Waals surface area contributed by atoms with E-state index >= 15 is 0 Å². The number of carbonyl (C=O) groups is 4. The summed E-state index contributed by atoms with van der Waals surface area (Å²) in [4.78, 5) is 57.6. The van der Waals surface area contributed by atoms with Gasteiger partial charge in [0.05, 0.1) is 16.2 Å². The Bertz CT molecular complexity index is 1870. The molecule has 15 nitrogen and oxygen atoms in total. The minimum absolute atomic E-state index is 0.000567. The number of rotatable bonds is 17. The lowest BCUT2D eigenvalue weighted by Gasteiger charge is -2.43. The molecule has 0 bridgehead atoms. The molecule has 2 aromatic heterocycles. The van der Waals surface area contributed by atoms with Crippen LogP contribution in [-0.4, -0.2) is 93.4 Å². The summed E-state index contributed by atoms with van der Waals surface area (Å²) < 4.78 is 71.0. The number of nitrogens with zero attached hydrogens (tertiary/aromatic N) is 2. The third-order valence-electron chi connectivity index (χ3n) is 8.72. The number of ether oxygens (including phenoxy) is 8. The zero-order chi connectivity index (χ0) is 41.4. The first-order valence-electron chi connectivity index (χ1n) is 17.9. The van der Waals surface area contributed by atoms with Gasteiger partial charge < -0.3 is 43.0 Å². The van der Waals surface area contributed by atoms with Gasteiger partial charge in [0.1, 0.15) is 18.3 Å². The molecule has 5 rings (SSSR count). The van der Waals surface area contributed by atoms with Crippen LogP contribution in [0.25, 0.3) is 0 Å². The summed E-state index contributed by atoms with van der Waals surface area (Å²) >= 11 is 1.79. The first-order chi connectivity index (χ1) is 27.0. The largest absolute Gasteiger partial charge is 0.487 e. The van der Waals surface area contributed by atoms with Gasteiger partial charge in [-0.15, -0.1) is 0 Å². The molecule has 3 aromatic rings. The Labute approximate surface area is 340 Å². The van der Waals surface area contributed by atoms with Crippen LogP contribution in [0.1, 0.15) is 75.8 Å². The SMILES string of the molecule is CC(=O)OC[C@H]1O[C@@H](Oc2ccc(C[C@H](c3ccc(C(C)(C)O)nc3)c3ccc(OC(F)F)c(OC4CC4)c3)cn2)[C@H](OC(=O)CI)[C@@H](OC(C)=O)[C@@H]1OC(C)=O. The Kier molecular flexibility index (Phi) is 14.6. The molecule has 1 aromatic carbocycles. The maximum Gasteiger partial charge on any atom is 0.387 e. The monoisotopic (exact) mass is 912 g/mol. The van der Waals surface area contributed by atoms with Crippen molar-refractivity contribution in [1.82, 2.24) is 9.97 Å². The van der Waals surface area contributed by atoms with E-state index in [1.54, 1.807) is 66.9 Å². The van der Waals surface area contributed by atoms with Crippen LogP contribution < -0.4 is 14.2 Å². The van der Waals surface area contributed by atoms with Crippen molar-refractivity contribution in [3.63, 3.8) is 0 Å². The van der Waals surface area contributed by atoms with E-state index in [0.717, 1.165) is 32.3 Å². The van der Waals surface area contributed by atoms with Gasteiger partial charge in [0.15, 0.2) is 23.7 Å². The van der Waals surface area contributed by atoms with E-state index in [0.29, 0.717) is 23.2 Å². The molecule has 1 aliphatic carbocycles. The van der Waals surface area contributed by atoms with E-state index in [4.69, 9.17) is 37.9 Å². The van der Waals surface area contributed by atoms with Crippen molar-refractivity contribution >= 4 is 46.5 Å². The summed E-state index contributed by atoms with van der Waals surface area (Å²) in [5.74, 6) is -3.25. The number of hydrogen-bond donors (Lipinski definition) is 1. The fourth-order valence-electron chi connectivity index (χ4n) is 6.03. The van der Waals surface area contributed by atoms with Crippen LogP contribution in [0.2, 0.25) is 0 Å². The molecule has 308 valence electrons. The van der Waals surface area contributed by atoms with Gasteiger partial charge >= 0.3 is 30.5 Å². The van der Waals surface area contributed by atoms with Crippen LogP contribution in [0.15, 0.2) is 54.9 Å². The Hall–Kier alpha value is -4.69. The van der Waals surface area contributed by atoms with Gasteiger partial charge in [-0.25, -0.2) is 4.98 Å². The lowest BCUT2D eigenvalue weighted by atomic mass is 9.86. The first-order valence-corrected chi connectivity index (χ1v) is 19.5. The Morgan fingerprint density at radius 1 is 0.860 bits per heavy atom. The lowest BCUT2D eigenvalue weighted by Crippen LogP contribution is -2.63. The number of esters is 4. The normalized spacial score (nSPS) is 21.2. The van der Waals surface area contributed by atoms with Gasteiger partial charge in [0, 0.05) is 45.1 Å². The second-order valence-corrected chi connectivity index (χ2v) is 14.7. The fourth-order valence-corrected chi connectivity index (χ4v) is 6.20. The Morgan fingerprint density at radius 2 is 1.56 bits per heavy atom. The third-order valence-corrected chi connectivity index (χ3v) is 9.34.